The molecule has 0 fully saturated rings. The Bertz CT molecular complexity index is 1380. The second-order valence-corrected chi connectivity index (χ2v) is 10.4. The number of hydrogen-bond donors (Lipinski definition) is 2. The van der Waals surface area contributed by atoms with Crippen LogP contribution in [0, 0.1) is 0 Å². The van der Waals surface area contributed by atoms with Crippen molar-refractivity contribution in [2.24, 2.45) is 7.05 Å². The second-order valence-electron chi connectivity index (χ2n) is 9.53. The maximum absolute atomic E-state index is 12.1. The van der Waals surface area contributed by atoms with Gasteiger partial charge in [0.05, 0.1) is 17.8 Å². The number of aryl methyl sites for hydroxylation is 1. The zero-order valence-corrected chi connectivity index (χ0v) is 22.5. The molecule has 36 heavy (non-hydrogen) atoms. The number of benzene rings is 2. The van der Waals surface area contributed by atoms with E-state index < -0.39 is 11.7 Å². The molecular weight excluding hydrogens is 524 g/mol. The lowest BCUT2D eigenvalue weighted by Crippen LogP contribution is -2.40. The predicted molar refractivity (Wildman–Crippen MR) is 143 cm³/mol. The molecule has 0 spiro atoms. The number of nitrogens with zero attached hydrogens (tertiary/aromatic N) is 4. The molecule has 1 amide bonds. The number of nitrogens with one attached hydrogen (secondary N) is 2. The highest BCUT2D eigenvalue weighted by Gasteiger charge is 2.18. The van der Waals surface area contributed by atoms with Gasteiger partial charge in [-0.1, -0.05) is 15.9 Å². The van der Waals surface area contributed by atoms with E-state index in [-0.39, 0.29) is 12.6 Å². The van der Waals surface area contributed by atoms with Gasteiger partial charge < -0.3 is 20.1 Å². The van der Waals surface area contributed by atoms with Gasteiger partial charge >= 0.3 is 6.09 Å². The van der Waals surface area contributed by atoms with E-state index in [0.717, 1.165) is 32.2 Å². The number of carbonyl (C=O) groups excluding carboxylic acids is 1. The lowest BCUT2D eigenvalue weighted by atomic mass is 10.1. The number of hydrogen-bond acceptors (Lipinski definition) is 7. The van der Waals surface area contributed by atoms with E-state index in [9.17, 15) is 4.79 Å². The van der Waals surface area contributed by atoms with Crippen molar-refractivity contribution in [2.45, 2.75) is 39.3 Å². The number of amides is 1. The Morgan fingerprint density at radius 2 is 1.94 bits per heavy atom. The van der Waals surface area contributed by atoms with Crippen LogP contribution in [0.4, 0.5) is 16.4 Å². The molecule has 2 aromatic carbocycles. The smallest absolute Gasteiger partial charge is 0.407 e. The summed E-state index contributed by atoms with van der Waals surface area (Å²) in [7, 11) is 1.87. The Morgan fingerprint density at radius 3 is 2.67 bits per heavy atom. The summed E-state index contributed by atoms with van der Waals surface area (Å²) in [6.07, 6.45) is 5.02. The van der Waals surface area contributed by atoms with Gasteiger partial charge in [-0.3, -0.25) is 4.68 Å². The molecule has 1 atom stereocenters. The van der Waals surface area contributed by atoms with Crippen molar-refractivity contribution >= 4 is 44.6 Å². The molecule has 0 saturated carbocycles. The molecule has 2 heterocycles. The molecule has 0 radical (unpaired) electrons. The first-order chi connectivity index (χ1) is 17.0. The molecule has 0 saturated heterocycles. The Labute approximate surface area is 218 Å². The lowest BCUT2D eigenvalue weighted by Gasteiger charge is -2.22. The van der Waals surface area contributed by atoms with Crippen LogP contribution in [-0.4, -0.2) is 44.1 Å². The first-order valence-corrected chi connectivity index (χ1v) is 12.3. The number of rotatable bonds is 7. The van der Waals surface area contributed by atoms with E-state index in [1.54, 1.807) is 17.1 Å². The van der Waals surface area contributed by atoms with Crippen LogP contribution in [0.2, 0.25) is 0 Å². The molecule has 2 aromatic heterocycles. The van der Waals surface area contributed by atoms with E-state index >= 15 is 0 Å². The van der Waals surface area contributed by atoms with Gasteiger partial charge in [-0.15, -0.1) is 0 Å². The average Bonchev–Trinajstić information content (AvgIpc) is 3.23. The molecule has 10 heteroatoms. The fraction of sp³-hybridized carbons (Fsp3) is 0.308. The van der Waals surface area contributed by atoms with Gasteiger partial charge in [0.2, 0.25) is 5.95 Å². The van der Waals surface area contributed by atoms with Crippen molar-refractivity contribution in [1.29, 1.82) is 0 Å². The minimum Gasteiger partial charge on any atom is -0.491 e. The zero-order valence-electron chi connectivity index (χ0n) is 20.9. The molecule has 0 aliphatic rings. The van der Waals surface area contributed by atoms with Crippen molar-refractivity contribution in [1.82, 2.24) is 25.1 Å². The summed E-state index contributed by atoms with van der Waals surface area (Å²) in [5, 5.41) is 11.3. The highest BCUT2D eigenvalue weighted by molar-refractivity contribution is 9.10. The second kappa shape index (κ2) is 10.5. The first-order valence-electron chi connectivity index (χ1n) is 11.5. The maximum atomic E-state index is 12.1. The zero-order chi connectivity index (χ0) is 25.9. The van der Waals surface area contributed by atoms with E-state index in [1.807, 2.05) is 77.3 Å². The summed E-state index contributed by atoms with van der Waals surface area (Å²) >= 11 is 3.47. The van der Waals surface area contributed by atoms with Crippen LogP contribution >= 0.6 is 15.9 Å². The third kappa shape index (κ3) is 6.94. The highest BCUT2D eigenvalue weighted by Crippen LogP contribution is 2.30. The molecule has 2 N–H and O–H groups in total. The van der Waals surface area contributed by atoms with Gasteiger partial charge in [0.15, 0.2) is 0 Å². The topological polar surface area (TPSA) is 103 Å². The highest BCUT2D eigenvalue weighted by atomic mass is 79.9. The van der Waals surface area contributed by atoms with Crippen LogP contribution in [0.3, 0.4) is 0 Å². The van der Waals surface area contributed by atoms with E-state index in [0.29, 0.717) is 11.7 Å². The Morgan fingerprint density at radius 1 is 1.14 bits per heavy atom. The lowest BCUT2D eigenvalue weighted by molar-refractivity contribution is 0.0494. The molecule has 0 aliphatic heterocycles. The fourth-order valence-electron chi connectivity index (χ4n) is 3.46. The summed E-state index contributed by atoms with van der Waals surface area (Å²) in [6.45, 7) is 7.59. The molecule has 188 valence electrons. The number of halogens is 1. The number of aromatic nitrogens is 4. The number of anilines is 2. The van der Waals surface area contributed by atoms with Crippen molar-refractivity contribution in [3.8, 4) is 16.9 Å². The summed E-state index contributed by atoms with van der Waals surface area (Å²) < 4.78 is 14.1. The van der Waals surface area contributed by atoms with E-state index in [4.69, 9.17) is 9.47 Å². The summed E-state index contributed by atoms with van der Waals surface area (Å²) in [4.78, 5) is 21.1. The molecule has 9 nitrogen and oxygen atoms in total. The van der Waals surface area contributed by atoms with Gasteiger partial charge in [-0.2, -0.15) is 5.10 Å². The summed E-state index contributed by atoms with van der Waals surface area (Å²) in [6, 6.07) is 11.4. The molecule has 4 aromatic rings. The van der Waals surface area contributed by atoms with Crippen LogP contribution in [0.5, 0.6) is 5.75 Å². The Balaban J connectivity index is 1.54. The summed E-state index contributed by atoms with van der Waals surface area (Å²) in [5.41, 5.74) is 2.88. The van der Waals surface area contributed by atoms with Crippen LogP contribution in [-0.2, 0) is 11.8 Å². The Kier molecular flexibility index (Phi) is 7.44. The molecule has 1 unspecified atom stereocenters. The SMILES string of the molecule is CC(COc1cc(Nc2ncc3cc(Br)ccc3n2)cc(-c2cnn(C)c2)c1)NC(=O)OC(C)(C)C. The number of alkyl carbamates (subject to hydrolysis) is 1. The standard InChI is InChI=1S/C26H29BrN6O3/c1-16(30-25(34)36-26(2,3)4)15-35-22-10-17(19-13-29-33(5)14-19)9-21(11-22)31-24-28-12-18-8-20(27)6-7-23(18)32-24/h6-14,16H,15H2,1-5H3,(H,30,34)(H,28,31,32). The fourth-order valence-corrected chi connectivity index (χ4v) is 3.84. The average molecular weight is 553 g/mol. The quantitative estimate of drug-likeness (QED) is 0.297. The van der Waals surface area contributed by atoms with Gasteiger partial charge in [0.1, 0.15) is 18.0 Å². The van der Waals surface area contributed by atoms with Crippen molar-refractivity contribution < 1.29 is 14.3 Å². The predicted octanol–water partition coefficient (Wildman–Crippen LogP) is 5.83. The van der Waals surface area contributed by atoms with Crippen LogP contribution in [0.25, 0.3) is 22.0 Å². The number of fused-ring (bicyclic) bond motifs is 1. The third-order valence-corrected chi connectivity index (χ3v) is 5.50. The molecule has 0 bridgehead atoms. The van der Waals surface area contributed by atoms with Gasteiger partial charge in [-0.25, -0.2) is 14.8 Å². The third-order valence-electron chi connectivity index (χ3n) is 5.01. The minimum atomic E-state index is -0.565. The number of carbonyl (C=O) groups is 1. The minimum absolute atomic E-state index is 0.260. The van der Waals surface area contributed by atoms with E-state index in [1.165, 1.54) is 0 Å². The van der Waals surface area contributed by atoms with Crippen LogP contribution in [0.15, 0.2) is 59.5 Å². The van der Waals surface area contributed by atoms with Crippen molar-refractivity contribution in [2.75, 3.05) is 11.9 Å². The maximum Gasteiger partial charge on any atom is 0.407 e. The first kappa shape index (κ1) is 25.4. The molecular formula is C26H29BrN6O3. The normalized spacial score (nSPS) is 12.3. The van der Waals surface area contributed by atoms with Crippen molar-refractivity contribution in [3.63, 3.8) is 0 Å². The number of ether oxygens (including phenoxy) is 2. The molecule has 4 rings (SSSR count). The molecule has 0 aliphatic carbocycles. The van der Waals surface area contributed by atoms with Gasteiger partial charge in [0, 0.05) is 46.6 Å². The Hall–Kier alpha value is -3.66. The monoisotopic (exact) mass is 552 g/mol. The van der Waals surface area contributed by atoms with Crippen LogP contribution < -0.4 is 15.4 Å². The van der Waals surface area contributed by atoms with E-state index in [2.05, 4.69) is 41.6 Å². The van der Waals surface area contributed by atoms with Crippen LogP contribution in [0.1, 0.15) is 27.7 Å². The largest absolute Gasteiger partial charge is 0.491 e. The summed E-state index contributed by atoms with van der Waals surface area (Å²) in [5.74, 6) is 1.10. The van der Waals surface area contributed by atoms with Gasteiger partial charge in [-0.05, 0) is 63.6 Å². The van der Waals surface area contributed by atoms with Crippen molar-refractivity contribution in [3.05, 3.63) is 59.5 Å². The van der Waals surface area contributed by atoms with Gasteiger partial charge in [0.25, 0.3) is 0 Å².